The largest absolute Gasteiger partial charge is 0.465 e. The highest BCUT2D eigenvalue weighted by Crippen LogP contribution is 2.39. The van der Waals surface area contributed by atoms with Crippen molar-refractivity contribution < 1.29 is 32.2 Å². The van der Waals surface area contributed by atoms with Crippen LogP contribution >= 0.6 is 0 Å². The zero-order valence-corrected chi connectivity index (χ0v) is 14.5. The van der Waals surface area contributed by atoms with E-state index in [1.807, 2.05) is 0 Å². The van der Waals surface area contributed by atoms with Crippen LogP contribution in [0, 0.1) is 13.8 Å². The van der Waals surface area contributed by atoms with E-state index < -0.39 is 23.7 Å². The molecule has 0 aliphatic heterocycles. The van der Waals surface area contributed by atoms with Gasteiger partial charge in [-0.05, 0) is 25.5 Å². The maximum absolute atomic E-state index is 13.4. The van der Waals surface area contributed by atoms with Crippen molar-refractivity contribution in [1.29, 1.82) is 0 Å². The summed E-state index contributed by atoms with van der Waals surface area (Å²) in [6.45, 7) is 2.90. The Morgan fingerprint density at radius 2 is 1.50 bits per heavy atom. The van der Waals surface area contributed by atoms with E-state index in [2.05, 4.69) is 9.72 Å². The molecule has 0 amide bonds. The molecule has 0 aliphatic rings. The Balaban J connectivity index is 2.91. The van der Waals surface area contributed by atoms with Gasteiger partial charge in [0.2, 0.25) is 0 Å². The highest BCUT2D eigenvalue weighted by Gasteiger charge is 2.36. The molecule has 0 saturated heterocycles. The summed E-state index contributed by atoms with van der Waals surface area (Å²) in [5.74, 6) is -1.64. The van der Waals surface area contributed by atoms with E-state index in [4.69, 9.17) is 4.74 Å². The van der Waals surface area contributed by atoms with Crippen LogP contribution in [0.15, 0.2) is 24.3 Å². The number of carbonyl (C=O) groups excluding carboxylic acids is 2. The molecule has 0 N–H and O–H groups in total. The van der Waals surface area contributed by atoms with Gasteiger partial charge in [-0.1, -0.05) is 18.2 Å². The predicted octanol–water partition coefficient (Wildman–Crippen LogP) is 3.96. The molecule has 26 heavy (non-hydrogen) atoms. The van der Waals surface area contributed by atoms with Gasteiger partial charge in [0.05, 0.1) is 42.3 Å². The van der Waals surface area contributed by atoms with Crippen LogP contribution in [-0.2, 0) is 15.7 Å². The number of halogens is 3. The monoisotopic (exact) mass is 367 g/mol. The van der Waals surface area contributed by atoms with Crippen molar-refractivity contribution in [2.45, 2.75) is 20.0 Å². The van der Waals surface area contributed by atoms with Crippen molar-refractivity contribution in [1.82, 2.24) is 4.98 Å². The number of carbonyl (C=O) groups is 2. The molecule has 0 saturated carbocycles. The molecular formula is C18H16F3NO4. The van der Waals surface area contributed by atoms with Crippen LogP contribution in [0.25, 0.3) is 11.3 Å². The van der Waals surface area contributed by atoms with Crippen molar-refractivity contribution in [3.05, 3.63) is 52.2 Å². The van der Waals surface area contributed by atoms with Gasteiger partial charge in [0.1, 0.15) is 0 Å². The average molecular weight is 367 g/mol. The van der Waals surface area contributed by atoms with E-state index in [0.29, 0.717) is 0 Å². The number of nitrogens with zero attached hydrogens (tertiary/aromatic N) is 1. The Kier molecular flexibility index (Phi) is 5.34. The number of aryl methyl sites for hydroxylation is 1. The fourth-order valence-corrected chi connectivity index (χ4v) is 2.74. The topological polar surface area (TPSA) is 65.5 Å². The van der Waals surface area contributed by atoms with Crippen molar-refractivity contribution in [2.24, 2.45) is 0 Å². The van der Waals surface area contributed by atoms with Crippen LogP contribution in [0.1, 0.15) is 37.5 Å². The first-order chi connectivity index (χ1) is 12.1. The minimum atomic E-state index is -4.64. The van der Waals surface area contributed by atoms with E-state index in [-0.39, 0.29) is 33.6 Å². The fourth-order valence-electron chi connectivity index (χ4n) is 2.74. The zero-order chi connectivity index (χ0) is 19.6. The number of hydrogen-bond donors (Lipinski definition) is 0. The van der Waals surface area contributed by atoms with Crippen LogP contribution < -0.4 is 0 Å². The van der Waals surface area contributed by atoms with E-state index >= 15 is 0 Å². The lowest BCUT2D eigenvalue weighted by atomic mass is 9.93. The zero-order valence-electron chi connectivity index (χ0n) is 14.5. The SMILES string of the molecule is COC(=O)c1c(C)nc(-c2ccccc2C(F)(F)F)c(C(=O)OC)c1C. The summed E-state index contributed by atoms with van der Waals surface area (Å²) in [5, 5.41) is 0. The summed E-state index contributed by atoms with van der Waals surface area (Å²) in [4.78, 5) is 28.4. The van der Waals surface area contributed by atoms with Gasteiger partial charge in [0.25, 0.3) is 0 Å². The van der Waals surface area contributed by atoms with Gasteiger partial charge in [-0.25, -0.2) is 9.59 Å². The Morgan fingerprint density at radius 3 is 2.04 bits per heavy atom. The fraction of sp³-hybridized carbons (Fsp3) is 0.278. The number of ether oxygens (including phenoxy) is 2. The van der Waals surface area contributed by atoms with Crippen molar-refractivity contribution in [3.63, 3.8) is 0 Å². The maximum atomic E-state index is 13.4. The van der Waals surface area contributed by atoms with E-state index in [1.165, 1.54) is 32.0 Å². The first kappa shape index (κ1) is 19.4. The third kappa shape index (κ3) is 3.40. The lowest BCUT2D eigenvalue weighted by molar-refractivity contribution is -0.137. The number of hydrogen-bond acceptors (Lipinski definition) is 5. The molecule has 8 heteroatoms. The summed E-state index contributed by atoms with van der Waals surface area (Å²) in [5.41, 5.74) is -1.33. The molecule has 138 valence electrons. The molecule has 1 heterocycles. The Labute approximate surface area is 147 Å². The van der Waals surface area contributed by atoms with Crippen molar-refractivity contribution >= 4 is 11.9 Å². The molecule has 0 fully saturated rings. The van der Waals surface area contributed by atoms with Crippen LogP contribution in [0.3, 0.4) is 0 Å². The molecule has 0 bridgehead atoms. The standard InChI is InChI=1S/C18H16F3NO4/c1-9-13(16(23)25-3)10(2)22-15(14(9)17(24)26-4)11-7-5-6-8-12(11)18(19,20)21/h5-8H,1-4H3. The molecular weight excluding hydrogens is 351 g/mol. The third-order valence-electron chi connectivity index (χ3n) is 3.89. The van der Waals surface area contributed by atoms with Gasteiger partial charge in [-0.2, -0.15) is 13.2 Å². The summed E-state index contributed by atoms with van der Waals surface area (Å²) in [6, 6.07) is 4.77. The summed E-state index contributed by atoms with van der Waals surface area (Å²) >= 11 is 0. The molecule has 2 rings (SSSR count). The van der Waals surface area contributed by atoms with Crippen LogP contribution in [0.4, 0.5) is 13.2 Å². The molecule has 5 nitrogen and oxygen atoms in total. The smallest absolute Gasteiger partial charge is 0.417 e. The second kappa shape index (κ2) is 7.15. The number of esters is 2. The molecule has 1 aromatic heterocycles. The van der Waals surface area contributed by atoms with Crippen LogP contribution in [0.2, 0.25) is 0 Å². The highest BCUT2D eigenvalue weighted by molar-refractivity contribution is 6.03. The van der Waals surface area contributed by atoms with Crippen molar-refractivity contribution in [2.75, 3.05) is 14.2 Å². The molecule has 0 atom stereocenters. The first-order valence-corrected chi connectivity index (χ1v) is 7.47. The molecule has 0 unspecified atom stereocenters. The number of rotatable bonds is 3. The predicted molar refractivity (Wildman–Crippen MR) is 86.8 cm³/mol. The Morgan fingerprint density at radius 1 is 0.962 bits per heavy atom. The van der Waals surface area contributed by atoms with E-state index in [9.17, 15) is 22.8 Å². The highest BCUT2D eigenvalue weighted by atomic mass is 19.4. The Hall–Kier alpha value is -2.90. The average Bonchev–Trinajstić information content (AvgIpc) is 2.59. The van der Waals surface area contributed by atoms with Gasteiger partial charge < -0.3 is 9.47 Å². The molecule has 0 radical (unpaired) electrons. The lowest BCUT2D eigenvalue weighted by Crippen LogP contribution is -2.17. The van der Waals surface area contributed by atoms with Gasteiger partial charge in [0.15, 0.2) is 0 Å². The van der Waals surface area contributed by atoms with Gasteiger partial charge in [-0.3, -0.25) is 4.98 Å². The second-order valence-corrected chi connectivity index (χ2v) is 5.45. The number of benzene rings is 1. The molecule has 1 aromatic carbocycles. The van der Waals surface area contributed by atoms with Gasteiger partial charge >= 0.3 is 18.1 Å². The number of alkyl halides is 3. The van der Waals surface area contributed by atoms with Gasteiger partial charge in [0, 0.05) is 5.56 Å². The molecule has 2 aromatic rings. The van der Waals surface area contributed by atoms with E-state index in [1.54, 1.807) is 0 Å². The van der Waals surface area contributed by atoms with Crippen LogP contribution in [0.5, 0.6) is 0 Å². The summed E-state index contributed by atoms with van der Waals surface area (Å²) in [6.07, 6.45) is -4.64. The first-order valence-electron chi connectivity index (χ1n) is 7.47. The second-order valence-electron chi connectivity index (χ2n) is 5.45. The quantitative estimate of drug-likeness (QED) is 0.769. The minimum Gasteiger partial charge on any atom is -0.465 e. The minimum absolute atomic E-state index is 0.0149. The summed E-state index contributed by atoms with van der Waals surface area (Å²) < 4.78 is 49.6. The maximum Gasteiger partial charge on any atom is 0.417 e. The van der Waals surface area contributed by atoms with Crippen LogP contribution in [-0.4, -0.2) is 31.1 Å². The summed E-state index contributed by atoms with van der Waals surface area (Å²) in [7, 11) is 2.25. The molecule has 0 aliphatic carbocycles. The van der Waals surface area contributed by atoms with E-state index in [0.717, 1.165) is 20.3 Å². The third-order valence-corrected chi connectivity index (χ3v) is 3.89. The normalized spacial score (nSPS) is 11.2. The molecule has 0 spiro atoms. The number of methoxy groups -OCH3 is 2. The number of aromatic nitrogens is 1. The Bertz CT molecular complexity index is 875. The lowest BCUT2D eigenvalue weighted by Gasteiger charge is -2.18. The number of pyridine rings is 1. The van der Waals surface area contributed by atoms with Gasteiger partial charge in [-0.15, -0.1) is 0 Å². The van der Waals surface area contributed by atoms with Crippen molar-refractivity contribution in [3.8, 4) is 11.3 Å².